The number of aryl methyl sites for hydroxylation is 1. The average molecular weight is 232 g/mol. The van der Waals surface area contributed by atoms with Crippen LogP contribution in [0.2, 0.25) is 0 Å². The molecule has 2 heteroatoms. The Morgan fingerprint density at radius 1 is 1.24 bits per heavy atom. The highest BCUT2D eigenvalue weighted by Gasteiger charge is 2.34. The van der Waals surface area contributed by atoms with Gasteiger partial charge in [0.15, 0.2) is 0 Å². The van der Waals surface area contributed by atoms with Crippen LogP contribution in [0.25, 0.3) is 0 Å². The van der Waals surface area contributed by atoms with Gasteiger partial charge in [-0.05, 0) is 37.9 Å². The molecule has 1 heterocycles. The predicted molar refractivity (Wildman–Crippen MR) is 74.6 cm³/mol. The molecule has 1 atom stereocenters. The predicted octanol–water partition coefficient (Wildman–Crippen LogP) is 2.82. The number of rotatable bonds is 2. The molecule has 2 rings (SSSR count). The van der Waals surface area contributed by atoms with E-state index in [-0.39, 0.29) is 0 Å². The largest absolute Gasteiger partial charge is 0.371 e. The van der Waals surface area contributed by atoms with Crippen LogP contribution in [0.5, 0.6) is 0 Å². The van der Waals surface area contributed by atoms with E-state index in [0.717, 1.165) is 13.1 Å². The third-order valence-electron chi connectivity index (χ3n) is 3.98. The average Bonchev–Trinajstić information content (AvgIpc) is 2.28. The molecule has 0 spiro atoms. The lowest BCUT2D eigenvalue weighted by Gasteiger charge is -2.45. The quantitative estimate of drug-likeness (QED) is 0.843. The van der Waals surface area contributed by atoms with Gasteiger partial charge in [-0.25, -0.2) is 0 Å². The van der Waals surface area contributed by atoms with Crippen LogP contribution >= 0.6 is 0 Å². The summed E-state index contributed by atoms with van der Waals surface area (Å²) in [6.45, 7) is 9.13. The van der Waals surface area contributed by atoms with Gasteiger partial charge in [0.1, 0.15) is 0 Å². The zero-order valence-corrected chi connectivity index (χ0v) is 11.5. The molecule has 1 aliphatic heterocycles. The lowest BCUT2D eigenvalue weighted by molar-refractivity contribution is 0.215. The van der Waals surface area contributed by atoms with Gasteiger partial charge in [-0.2, -0.15) is 0 Å². The zero-order valence-electron chi connectivity index (χ0n) is 11.5. The Morgan fingerprint density at radius 2 is 1.88 bits per heavy atom. The summed E-state index contributed by atoms with van der Waals surface area (Å²) in [6, 6.07) is 9.51. The molecule has 0 radical (unpaired) electrons. The smallest absolute Gasteiger partial charge is 0.0366 e. The van der Waals surface area contributed by atoms with Gasteiger partial charge in [0.25, 0.3) is 0 Å². The molecule has 0 aromatic heterocycles. The summed E-state index contributed by atoms with van der Waals surface area (Å²) in [5.41, 5.74) is 3.02. The van der Waals surface area contributed by atoms with Crippen molar-refractivity contribution in [3.8, 4) is 0 Å². The van der Waals surface area contributed by atoms with Crippen molar-refractivity contribution in [2.24, 2.45) is 5.41 Å². The van der Waals surface area contributed by atoms with Gasteiger partial charge in [-0.1, -0.05) is 31.5 Å². The summed E-state index contributed by atoms with van der Waals surface area (Å²) >= 11 is 0. The molecule has 0 saturated carbocycles. The van der Waals surface area contributed by atoms with Gasteiger partial charge in [0.2, 0.25) is 0 Å². The Balaban J connectivity index is 2.12. The highest BCUT2D eigenvalue weighted by molar-refractivity contribution is 5.48. The molecular weight excluding hydrogens is 208 g/mol. The minimum Gasteiger partial charge on any atom is -0.371 e. The van der Waals surface area contributed by atoms with Crippen LogP contribution in [0.3, 0.4) is 0 Å². The van der Waals surface area contributed by atoms with E-state index >= 15 is 0 Å². The van der Waals surface area contributed by atoms with Crippen molar-refractivity contribution >= 4 is 5.69 Å². The summed E-state index contributed by atoms with van der Waals surface area (Å²) in [4.78, 5) is 2.51. The van der Waals surface area contributed by atoms with E-state index in [2.05, 4.69) is 62.3 Å². The van der Waals surface area contributed by atoms with E-state index in [1.807, 2.05) is 0 Å². The Labute approximate surface area is 105 Å². The topological polar surface area (TPSA) is 15.3 Å². The van der Waals surface area contributed by atoms with Crippen LogP contribution in [0.4, 0.5) is 5.69 Å². The highest BCUT2D eigenvalue weighted by atomic mass is 15.2. The summed E-state index contributed by atoms with van der Waals surface area (Å²) in [5, 5.41) is 3.45. The Morgan fingerprint density at radius 3 is 2.41 bits per heavy atom. The molecule has 0 amide bonds. The normalized spacial score (nSPS) is 23.8. The molecule has 1 unspecified atom stereocenters. The van der Waals surface area contributed by atoms with Crippen molar-refractivity contribution < 1.29 is 0 Å². The first kappa shape index (κ1) is 12.4. The molecule has 1 saturated heterocycles. The first-order chi connectivity index (χ1) is 8.03. The lowest BCUT2D eigenvalue weighted by atomic mass is 9.79. The molecule has 1 aliphatic rings. The molecule has 1 aromatic rings. The Bertz CT molecular complexity index is 367. The number of hydrogen-bond donors (Lipinski definition) is 1. The Kier molecular flexibility index (Phi) is 3.43. The van der Waals surface area contributed by atoms with Gasteiger partial charge in [-0.15, -0.1) is 0 Å². The van der Waals surface area contributed by atoms with Crippen molar-refractivity contribution in [2.75, 3.05) is 25.0 Å². The summed E-state index contributed by atoms with van der Waals surface area (Å²) in [7, 11) is 2.08. The molecule has 1 fully saturated rings. The van der Waals surface area contributed by atoms with E-state index in [0.29, 0.717) is 11.5 Å². The van der Waals surface area contributed by atoms with Crippen LogP contribution < -0.4 is 10.2 Å². The fraction of sp³-hybridized carbons (Fsp3) is 0.600. The van der Waals surface area contributed by atoms with Gasteiger partial charge in [0.05, 0.1) is 0 Å². The molecule has 1 N–H and O–H groups in total. The van der Waals surface area contributed by atoms with Gasteiger partial charge >= 0.3 is 0 Å². The number of benzene rings is 1. The third kappa shape index (κ3) is 2.63. The zero-order chi connectivity index (χ0) is 12.5. The van der Waals surface area contributed by atoms with Gasteiger partial charge in [0, 0.05) is 24.8 Å². The first-order valence-electron chi connectivity index (χ1n) is 6.52. The molecular formula is C15H24N2. The second kappa shape index (κ2) is 4.69. The number of hydrogen-bond acceptors (Lipinski definition) is 2. The monoisotopic (exact) mass is 232 g/mol. The SMILES string of the molecule is CNC1CCN(c2ccc(C)cc2)CC1(C)C. The fourth-order valence-electron chi connectivity index (χ4n) is 2.87. The molecule has 94 valence electrons. The van der Waals surface area contributed by atoms with E-state index in [1.165, 1.54) is 17.7 Å². The van der Waals surface area contributed by atoms with E-state index in [4.69, 9.17) is 0 Å². The van der Waals surface area contributed by atoms with Crippen molar-refractivity contribution in [3.63, 3.8) is 0 Å². The number of piperidine rings is 1. The molecule has 1 aromatic carbocycles. The van der Waals surface area contributed by atoms with E-state index in [1.54, 1.807) is 0 Å². The number of nitrogens with one attached hydrogen (secondary N) is 1. The van der Waals surface area contributed by atoms with E-state index < -0.39 is 0 Å². The molecule has 0 aliphatic carbocycles. The van der Waals surface area contributed by atoms with Crippen molar-refractivity contribution in [1.82, 2.24) is 5.32 Å². The fourth-order valence-corrected chi connectivity index (χ4v) is 2.87. The second-order valence-electron chi connectivity index (χ2n) is 5.88. The highest BCUT2D eigenvalue weighted by Crippen LogP contribution is 2.31. The summed E-state index contributed by atoms with van der Waals surface area (Å²) < 4.78 is 0. The minimum atomic E-state index is 0.331. The standard InChI is InChI=1S/C15H24N2/c1-12-5-7-13(8-6-12)17-10-9-14(16-4)15(2,3)11-17/h5-8,14,16H,9-11H2,1-4H3. The van der Waals surface area contributed by atoms with Crippen molar-refractivity contribution in [3.05, 3.63) is 29.8 Å². The van der Waals surface area contributed by atoms with Crippen LogP contribution in [0.1, 0.15) is 25.8 Å². The van der Waals surface area contributed by atoms with Crippen LogP contribution in [0, 0.1) is 12.3 Å². The molecule has 0 bridgehead atoms. The Hall–Kier alpha value is -1.02. The van der Waals surface area contributed by atoms with Gasteiger partial charge < -0.3 is 10.2 Å². The van der Waals surface area contributed by atoms with Gasteiger partial charge in [-0.3, -0.25) is 0 Å². The van der Waals surface area contributed by atoms with E-state index in [9.17, 15) is 0 Å². The third-order valence-corrected chi connectivity index (χ3v) is 3.98. The van der Waals surface area contributed by atoms with Crippen LogP contribution in [-0.2, 0) is 0 Å². The summed E-state index contributed by atoms with van der Waals surface area (Å²) in [6.07, 6.45) is 1.22. The summed E-state index contributed by atoms with van der Waals surface area (Å²) in [5.74, 6) is 0. The van der Waals surface area contributed by atoms with Crippen molar-refractivity contribution in [2.45, 2.75) is 33.2 Å². The second-order valence-corrected chi connectivity index (χ2v) is 5.88. The number of nitrogens with zero attached hydrogens (tertiary/aromatic N) is 1. The number of anilines is 1. The molecule has 2 nitrogen and oxygen atoms in total. The van der Waals surface area contributed by atoms with Crippen molar-refractivity contribution in [1.29, 1.82) is 0 Å². The molecule has 17 heavy (non-hydrogen) atoms. The first-order valence-corrected chi connectivity index (χ1v) is 6.52. The van der Waals surface area contributed by atoms with Crippen LogP contribution in [0.15, 0.2) is 24.3 Å². The lowest BCUT2D eigenvalue weighted by Crippen LogP contribution is -2.53. The maximum atomic E-state index is 3.45. The van der Waals surface area contributed by atoms with Crippen LogP contribution in [-0.4, -0.2) is 26.2 Å². The minimum absolute atomic E-state index is 0.331. The maximum Gasteiger partial charge on any atom is 0.0366 e. The maximum absolute atomic E-state index is 3.45.